The van der Waals surface area contributed by atoms with Crippen molar-refractivity contribution in [3.63, 3.8) is 0 Å². The zero-order valence-corrected chi connectivity index (χ0v) is 18.1. The Bertz CT molecular complexity index is 1320. The van der Waals surface area contributed by atoms with Gasteiger partial charge in [-0.3, -0.25) is 14.3 Å². The largest absolute Gasteiger partial charge is 0.309 e. The van der Waals surface area contributed by atoms with Crippen LogP contribution in [-0.2, 0) is 13.2 Å². The van der Waals surface area contributed by atoms with E-state index in [2.05, 4.69) is 39.9 Å². The van der Waals surface area contributed by atoms with E-state index < -0.39 is 0 Å². The maximum absolute atomic E-state index is 12.4. The van der Waals surface area contributed by atoms with Crippen molar-refractivity contribution in [2.75, 3.05) is 6.54 Å². The first-order valence-electron chi connectivity index (χ1n) is 9.90. The number of rotatable bonds is 6. The lowest BCUT2D eigenvalue weighted by atomic mass is 10.2. The molecule has 0 fully saturated rings. The highest BCUT2D eigenvalue weighted by Gasteiger charge is 2.14. The molecule has 0 aliphatic carbocycles. The Morgan fingerprint density at radius 3 is 2.60 bits per heavy atom. The molecule has 154 valence electrons. The van der Waals surface area contributed by atoms with Crippen molar-refractivity contribution in [1.29, 1.82) is 0 Å². The highest BCUT2D eigenvalue weighted by atomic mass is 32.1. The van der Waals surface area contributed by atoms with Crippen LogP contribution in [-0.4, -0.2) is 35.8 Å². The molecule has 2 aromatic heterocycles. The smallest absolute Gasteiger partial charge is 0.258 e. The van der Waals surface area contributed by atoms with Crippen LogP contribution in [0.4, 0.5) is 0 Å². The Balaban J connectivity index is 1.62. The van der Waals surface area contributed by atoms with Crippen LogP contribution in [0.5, 0.6) is 0 Å². The molecule has 4 aromatic rings. The first kappa shape index (κ1) is 20.2. The van der Waals surface area contributed by atoms with Crippen LogP contribution in [0.3, 0.4) is 0 Å². The molecule has 2 aromatic carbocycles. The summed E-state index contributed by atoms with van der Waals surface area (Å²) >= 11 is 5.73. The molecular formula is C22H24N6OS. The van der Waals surface area contributed by atoms with Gasteiger partial charge in [-0.05, 0) is 56.4 Å². The number of benzene rings is 2. The summed E-state index contributed by atoms with van der Waals surface area (Å²) in [5.41, 5.74) is 2.75. The Morgan fingerprint density at radius 2 is 1.83 bits per heavy atom. The molecule has 8 heteroatoms. The van der Waals surface area contributed by atoms with E-state index in [1.807, 2.05) is 52.6 Å². The minimum Gasteiger partial charge on any atom is -0.309 e. The highest BCUT2D eigenvalue weighted by Crippen LogP contribution is 2.17. The fourth-order valence-electron chi connectivity index (χ4n) is 3.57. The van der Waals surface area contributed by atoms with Crippen LogP contribution in [0.2, 0.25) is 0 Å². The fourth-order valence-corrected chi connectivity index (χ4v) is 3.90. The number of nitrogens with one attached hydrogen (secondary N) is 1. The molecule has 0 atom stereocenters. The zero-order valence-electron chi connectivity index (χ0n) is 17.3. The molecule has 0 saturated heterocycles. The monoisotopic (exact) mass is 420 g/mol. The van der Waals surface area contributed by atoms with Crippen molar-refractivity contribution in [3.05, 3.63) is 80.9 Å². The van der Waals surface area contributed by atoms with Gasteiger partial charge in [-0.1, -0.05) is 37.3 Å². The number of hydrogen-bond donors (Lipinski definition) is 1. The Kier molecular flexibility index (Phi) is 5.61. The van der Waals surface area contributed by atoms with Gasteiger partial charge in [-0.2, -0.15) is 5.10 Å². The van der Waals surface area contributed by atoms with Crippen molar-refractivity contribution in [3.8, 4) is 5.69 Å². The number of aromatic nitrogens is 5. The van der Waals surface area contributed by atoms with Crippen LogP contribution in [0.1, 0.15) is 24.1 Å². The molecular weight excluding hydrogens is 396 g/mol. The van der Waals surface area contributed by atoms with E-state index in [0.717, 1.165) is 23.6 Å². The van der Waals surface area contributed by atoms with E-state index >= 15 is 0 Å². The molecule has 0 spiro atoms. The molecule has 0 radical (unpaired) electrons. The number of fused-ring (bicyclic) bond motifs is 1. The van der Waals surface area contributed by atoms with Crippen molar-refractivity contribution in [2.45, 2.75) is 34.0 Å². The van der Waals surface area contributed by atoms with E-state index in [4.69, 9.17) is 12.2 Å². The summed E-state index contributed by atoms with van der Waals surface area (Å²) in [6.45, 7) is 7.84. The zero-order chi connectivity index (χ0) is 21.3. The van der Waals surface area contributed by atoms with Gasteiger partial charge >= 0.3 is 0 Å². The van der Waals surface area contributed by atoms with Gasteiger partial charge in [0.1, 0.15) is 11.6 Å². The molecule has 2 heterocycles. The summed E-state index contributed by atoms with van der Waals surface area (Å²) < 4.78 is 4.45. The molecule has 0 saturated carbocycles. The van der Waals surface area contributed by atoms with Gasteiger partial charge in [-0.25, -0.2) is 9.67 Å². The number of aryl methyl sites for hydroxylation is 2. The second-order valence-corrected chi connectivity index (χ2v) is 7.63. The number of para-hydroxylation sites is 2. The molecule has 0 aliphatic heterocycles. The quantitative estimate of drug-likeness (QED) is 0.481. The second kappa shape index (κ2) is 8.33. The summed E-state index contributed by atoms with van der Waals surface area (Å²) in [7, 11) is 0. The topological polar surface area (TPSA) is 71.7 Å². The number of H-pyrrole nitrogens is 1. The predicted octanol–water partition coefficient (Wildman–Crippen LogP) is 3.74. The fraction of sp³-hybridized carbons (Fsp3) is 0.273. The van der Waals surface area contributed by atoms with Crippen LogP contribution < -0.4 is 5.56 Å². The molecule has 4 rings (SSSR count). The van der Waals surface area contributed by atoms with Crippen LogP contribution >= 0.6 is 12.2 Å². The lowest BCUT2D eigenvalue weighted by Crippen LogP contribution is -2.28. The minimum atomic E-state index is -0.122. The van der Waals surface area contributed by atoms with Crippen LogP contribution in [0.15, 0.2) is 53.3 Å². The molecule has 1 N–H and O–H groups in total. The third-order valence-electron chi connectivity index (χ3n) is 5.17. The Morgan fingerprint density at radius 1 is 1.10 bits per heavy atom. The summed E-state index contributed by atoms with van der Waals surface area (Å²) in [5.74, 6) is 1.46. The number of nitrogens with zero attached hydrogens (tertiary/aromatic N) is 5. The summed E-state index contributed by atoms with van der Waals surface area (Å²) in [4.78, 5) is 22.0. The maximum atomic E-state index is 12.4. The standard InChI is InChI=1S/C22H24N6OS/c1-4-26(13-20-23-18-11-7-6-10-17(18)21(29)24-20)14-27-22(30)28(16(3)25-27)19-12-8-5-9-15(19)2/h5-12H,4,13-14H2,1-3H3,(H,23,24,29). The van der Waals surface area contributed by atoms with E-state index in [1.165, 1.54) is 0 Å². The Labute approximate surface area is 179 Å². The van der Waals surface area contributed by atoms with Gasteiger partial charge in [0.2, 0.25) is 4.77 Å². The summed E-state index contributed by atoms with van der Waals surface area (Å²) in [6, 6.07) is 15.5. The maximum Gasteiger partial charge on any atom is 0.258 e. The van der Waals surface area contributed by atoms with Gasteiger partial charge < -0.3 is 4.98 Å². The van der Waals surface area contributed by atoms with Crippen molar-refractivity contribution < 1.29 is 0 Å². The summed E-state index contributed by atoms with van der Waals surface area (Å²) in [5, 5.41) is 5.26. The van der Waals surface area contributed by atoms with E-state index in [1.54, 1.807) is 6.07 Å². The van der Waals surface area contributed by atoms with Crippen molar-refractivity contribution in [1.82, 2.24) is 29.2 Å². The highest BCUT2D eigenvalue weighted by molar-refractivity contribution is 7.71. The minimum absolute atomic E-state index is 0.122. The van der Waals surface area contributed by atoms with Crippen molar-refractivity contribution in [2.24, 2.45) is 0 Å². The molecule has 0 amide bonds. The summed E-state index contributed by atoms with van der Waals surface area (Å²) in [6.07, 6.45) is 0. The lowest BCUT2D eigenvalue weighted by molar-refractivity contribution is 0.202. The van der Waals surface area contributed by atoms with E-state index in [0.29, 0.717) is 34.7 Å². The van der Waals surface area contributed by atoms with Gasteiger partial charge in [0.05, 0.1) is 29.8 Å². The first-order valence-corrected chi connectivity index (χ1v) is 10.3. The third-order valence-corrected chi connectivity index (χ3v) is 5.57. The third kappa shape index (κ3) is 3.83. The second-order valence-electron chi connectivity index (χ2n) is 7.27. The molecule has 7 nitrogen and oxygen atoms in total. The number of aromatic amines is 1. The van der Waals surface area contributed by atoms with Crippen LogP contribution in [0.25, 0.3) is 16.6 Å². The van der Waals surface area contributed by atoms with E-state index in [-0.39, 0.29) is 5.56 Å². The number of hydrogen-bond acceptors (Lipinski definition) is 5. The van der Waals surface area contributed by atoms with E-state index in [9.17, 15) is 4.79 Å². The van der Waals surface area contributed by atoms with Gasteiger partial charge in [0.25, 0.3) is 5.56 Å². The van der Waals surface area contributed by atoms with Gasteiger partial charge in [0.15, 0.2) is 0 Å². The Hall–Kier alpha value is -3.10. The molecule has 0 unspecified atom stereocenters. The van der Waals surface area contributed by atoms with Crippen LogP contribution in [0, 0.1) is 18.6 Å². The van der Waals surface area contributed by atoms with Gasteiger partial charge in [-0.15, -0.1) is 0 Å². The first-order chi connectivity index (χ1) is 14.5. The lowest BCUT2D eigenvalue weighted by Gasteiger charge is -2.19. The van der Waals surface area contributed by atoms with Gasteiger partial charge in [0, 0.05) is 0 Å². The predicted molar refractivity (Wildman–Crippen MR) is 120 cm³/mol. The normalized spacial score (nSPS) is 11.5. The molecule has 30 heavy (non-hydrogen) atoms. The molecule has 0 aliphatic rings. The van der Waals surface area contributed by atoms with Crippen molar-refractivity contribution >= 4 is 23.1 Å². The molecule has 0 bridgehead atoms. The SMILES string of the molecule is CCN(Cc1nc2ccccc2c(=O)[nH]1)Cn1nc(C)n(-c2ccccc2C)c1=S. The average molecular weight is 421 g/mol. The average Bonchev–Trinajstić information content (AvgIpc) is 3.01.